The molecular weight excluding hydrogens is 631 g/mol. The molecule has 9 aromatic carbocycles. The Hall–Kier alpha value is -6.90. The summed E-state index contributed by atoms with van der Waals surface area (Å²) >= 11 is 0. The molecule has 0 unspecified atom stereocenters. The number of furan rings is 1. The van der Waals surface area contributed by atoms with Gasteiger partial charge in [-0.2, -0.15) is 0 Å². The molecule has 0 saturated heterocycles. The average molecular weight is 668 g/mol. The predicted octanol–water partition coefficient (Wildman–Crippen LogP) is 14.4. The Morgan fingerprint density at radius 2 is 0.904 bits per heavy atom. The van der Waals surface area contributed by atoms with Gasteiger partial charge in [0.25, 0.3) is 0 Å². The highest BCUT2D eigenvalue weighted by Gasteiger charge is 2.16. The second-order valence-corrected chi connectivity index (χ2v) is 13.0. The molecule has 0 aliphatic rings. The molecule has 0 bridgehead atoms. The average Bonchev–Trinajstić information content (AvgIpc) is 3.62. The van der Waals surface area contributed by atoms with Crippen molar-refractivity contribution in [1.29, 1.82) is 0 Å². The highest BCUT2D eigenvalue weighted by Crippen LogP contribution is 2.40. The number of rotatable bonds is 6. The third kappa shape index (κ3) is 5.21. The number of nitrogens with zero attached hydrogens (tertiary/aromatic N) is 1. The number of hydrogen-bond donors (Lipinski definition) is 0. The van der Waals surface area contributed by atoms with Crippen LogP contribution in [0.4, 0.5) is 17.1 Å². The molecule has 0 fully saturated rings. The van der Waals surface area contributed by atoms with E-state index in [1.807, 2.05) is 95.9 Å². The fraction of sp³-hybridized carbons (Fsp3) is 0. The van der Waals surface area contributed by atoms with Crippen LogP contribution in [0.2, 0.25) is 0 Å². The van der Waals surface area contributed by atoms with Crippen molar-refractivity contribution in [2.75, 3.05) is 4.90 Å². The summed E-state index contributed by atoms with van der Waals surface area (Å²) in [6, 6.07) is 58.4. The van der Waals surface area contributed by atoms with Gasteiger partial charge >= 0.3 is 0 Å². The largest absolute Gasteiger partial charge is 0.456 e. The second-order valence-electron chi connectivity index (χ2n) is 13.0. The van der Waals surface area contributed by atoms with Gasteiger partial charge in [0.2, 0.25) is 0 Å². The van der Waals surface area contributed by atoms with Crippen molar-refractivity contribution in [2.24, 2.45) is 0 Å². The van der Waals surface area contributed by atoms with Gasteiger partial charge in [-0.25, -0.2) is 0 Å². The van der Waals surface area contributed by atoms with E-state index in [-0.39, 0.29) is 35.4 Å². The van der Waals surface area contributed by atoms with Crippen LogP contribution in [0.25, 0.3) is 76.9 Å². The molecule has 2 nitrogen and oxygen atoms in total. The van der Waals surface area contributed by atoms with Gasteiger partial charge in [-0.3, -0.25) is 0 Å². The zero-order valence-electron chi connectivity index (χ0n) is 32.1. The van der Waals surface area contributed by atoms with Crippen molar-refractivity contribution in [1.82, 2.24) is 0 Å². The Labute approximate surface area is 308 Å². The molecule has 0 N–H and O–H groups in total. The molecule has 0 radical (unpaired) electrons. The molecule has 0 spiro atoms. The number of anilines is 3. The first-order valence-electron chi connectivity index (χ1n) is 19.4. The lowest BCUT2D eigenvalue weighted by molar-refractivity contribution is 0.669. The zero-order valence-corrected chi connectivity index (χ0v) is 28.1. The lowest BCUT2D eigenvalue weighted by Crippen LogP contribution is -2.10. The summed E-state index contributed by atoms with van der Waals surface area (Å²) in [6.07, 6.45) is 0. The fourth-order valence-corrected chi connectivity index (χ4v) is 7.41. The van der Waals surface area contributed by atoms with Gasteiger partial charge in [0.15, 0.2) is 0 Å². The fourth-order valence-electron chi connectivity index (χ4n) is 7.41. The highest BCUT2D eigenvalue weighted by molar-refractivity contribution is 6.06. The van der Waals surface area contributed by atoms with Crippen LogP contribution in [-0.4, -0.2) is 0 Å². The molecule has 2 heteroatoms. The molecule has 10 aromatic rings. The van der Waals surface area contributed by atoms with E-state index < -0.39 is 0 Å². The molecule has 52 heavy (non-hydrogen) atoms. The maximum Gasteiger partial charge on any atom is 0.135 e. The van der Waals surface area contributed by atoms with Crippen LogP contribution >= 0.6 is 0 Å². The summed E-state index contributed by atoms with van der Waals surface area (Å²) in [4.78, 5) is 1.89. The van der Waals surface area contributed by atoms with Crippen LogP contribution in [0, 0.1) is 0 Å². The smallest absolute Gasteiger partial charge is 0.135 e. The van der Waals surface area contributed by atoms with E-state index in [0.717, 1.165) is 71.5 Å². The summed E-state index contributed by atoms with van der Waals surface area (Å²) < 4.78 is 43.4. The zero-order chi connectivity index (χ0) is 37.9. The molecule has 244 valence electrons. The number of para-hydroxylation sites is 1. The molecular formula is C50H33NO. The van der Waals surface area contributed by atoms with Gasteiger partial charge in [-0.15, -0.1) is 0 Å². The quantitative estimate of drug-likeness (QED) is 0.175. The van der Waals surface area contributed by atoms with Crippen molar-refractivity contribution < 1.29 is 9.90 Å². The Kier molecular flexibility index (Phi) is 6.22. The van der Waals surface area contributed by atoms with Crippen molar-refractivity contribution in [3.8, 4) is 33.4 Å². The van der Waals surface area contributed by atoms with Gasteiger partial charge in [0.1, 0.15) is 11.2 Å². The molecule has 0 aliphatic carbocycles. The summed E-state index contributed by atoms with van der Waals surface area (Å²) in [5, 5.41) is 6.43. The molecule has 0 aliphatic heterocycles. The van der Waals surface area contributed by atoms with E-state index in [1.54, 1.807) is 0 Å². The van der Waals surface area contributed by atoms with Gasteiger partial charge in [-0.05, 0) is 109 Å². The van der Waals surface area contributed by atoms with Crippen LogP contribution < -0.4 is 4.90 Å². The van der Waals surface area contributed by atoms with Gasteiger partial charge < -0.3 is 9.32 Å². The minimum absolute atomic E-state index is 0.000546. The van der Waals surface area contributed by atoms with E-state index in [2.05, 4.69) is 84.9 Å². The summed E-state index contributed by atoms with van der Waals surface area (Å²) in [5.74, 6) is 0. The Morgan fingerprint density at radius 1 is 0.385 bits per heavy atom. The van der Waals surface area contributed by atoms with Crippen LogP contribution in [0.5, 0.6) is 0 Å². The van der Waals surface area contributed by atoms with Gasteiger partial charge in [0.05, 0.1) is 5.48 Å². The van der Waals surface area contributed by atoms with Crippen molar-refractivity contribution in [3.63, 3.8) is 0 Å². The van der Waals surface area contributed by atoms with Crippen molar-refractivity contribution >= 4 is 60.5 Å². The predicted molar refractivity (Wildman–Crippen MR) is 220 cm³/mol. The molecule has 0 atom stereocenters. The molecule has 0 saturated carbocycles. The summed E-state index contributed by atoms with van der Waals surface area (Å²) in [5.41, 5.74) is 8.36. The number of hydrogen-bond acceptors (Lipinski definition) is 2. The maximum atomic E-state index is 9.77. The van der Waals surface area contributed by atoms with Crippen molar-refractivity contribution in [3.05, 3.63) is 200 Å². The minimum Gasteiger partial charge on any atom is -0.456 e. The number of benzene rings is 9. The minimum atomic E-state index is -0.243. The second kappa shape index (κ2) is 12.5. The summed E-state index contributed by atoms with van der Waals surface area (Å²) in [6.45, 7) is 0. The third-order valence-electron chi connectivity index (χ3n) is 9.95. The first-order chi connectivity index (χ1) is 27.4. The topological polar surface area (TPSA) is 16.4 Å². The highest BCUT2D eigenvalue weighted by atomic mass is 16.3. The Morgan fingerprint density at radius 3 is 1.54 bits per heavy atom. The summed E-state index contributed by atoms with van der Waals surface area (Å²) in [7, 11) is 0. The first kappa shape index (κ1) is 26.0. The lowest BCUT2D eigenvalue weighted by Gasteiger charge is -2.26. The molecule has 10 rings (SSSR count). The van der Waals surface area contributed by atoms with Gasteiger partial charge in [0, 0.05) is 27.8 Å². The molecule has 1 heterocycles. The SMILES string of the molecule is [2H]c1c([2H])c(-c2ccc3oc4ccccc4c3c2)c([2H])c(N(c2ccc(-c3cccc4ccccc34)cc2)c2ccc(-c3cccc4ccccc34)cc2)c1[2H]. The normalized spacial score (nSPS) is 12.5. The van der Waals surface area contributed by atoms with Crippen LogP contribution in [0.3, 0.4) is 0 Å². The first-order valence-corrected chi connectivity index (χ1v) is 17.4. The Bertz CT molecular complexity index is 3000. The van der Waals surface area contributed by atoms with Crippen LogP contribution in [0.1, 0.15) is 5.48 Å². The van der Waals surface area contributed by atoms with E-state index in [9.17, 15) is 2.74 Å². The number of fused-ring (bicyclic) bond motifs is 5. The van der Waals surface area contributed by atoms with E-state index >= 15 is 0 Å². The maximum absolute atomic E-state index is 9.77. The Balaban J connectivity index is 1.16. The monoisotopic (exact) mass is 667 g/mol. The molecule has 1 aromatic heterocycles. The molecule has 0 amide bonds. The standard InChI is InChI=1S/C50H33NO/c1-3-16-43-34(10-1)12-8-19-45(43)36-22-27-40(28-23-36)51(41-29-24-37(25-30-41)46-20-9-13-35-11-2-4-17-44(35)46)42-15-7-14-38(32-42)39-26-31-50-48(33-39)47-18-5-6-21-49(47)52-50/h1-33H/i7D,14D,15D,32D. The van der Waals surface area contributed by atoms with E-state index in [0.29, 0.717) is 11.1 Å². The lowest BCUT2D eigenvalue weighted by atomic mass is 9.97. The van der Waals surface area contributed by atoms with Gasteiger partial charge in [-0.1, -0.05) is 146 Å². The van der Waals surface area contributed by atoms with Crippen LogP contribution in [-0.2, 0) is 0 Å². The third-order valence-corrected chi connectivity index (χ3v) is 9.95. The van der Waals surface area contributed by atoms with Crippen molar-refractivity contribution in [2.45, 2.75) is 0 Å². The van der Waals surface area contributed by atoms with E-state index in [4.69, 9.17) is 7.16 Å². The van der Waals surface area contributed by atoms with Crippen LogP contribution in [0.15, 0.2) is 205 Å². The van der Waals surface area contributed by atoms with E-state index in [1.165, 1.54) is 0 Å².